The first-order chi connectivity index (χ1) is 8.27. The molecule has 0 fully saturated rings. The van der Waals surface area contributed by atoms with Gasteiger partial charge in [0.15, 0.2) is 0 Å². The van der Waals surface area contributed by atoms with E-state index in [4.69, 9.17) is 0 Å². The van der Waals surface area contributed by atoms with Gasteiger partial charge in [-0.25, -0.2) is 0 Å². The average Bonchev–Trinajstić information content (AvgIpc) is 2.43. The first kappa shape index (κ1) is 21.7. The Kier molecular flexibility index (Phi) is 18.6. The molecule has 0 heterocycles. The van der Waals surface area contributed by atoms with Gasteiger partial charge in [0.25, 0.3) is 0 Å². The molecular weight excluding hydrogens is 216 g/mol. The zero-order valence-electron chi connectivity index (χ0n) is 11.8. The second-order valence-electron chi connectivity index (χ2n) is 2.94. The summed E-state index contributed by atoms with van der Waals surface area (Å²) in [5.74, 6) is 0. The summed E-state index contributed by atoms with van der Waals surface area (Å²) in [6.45, 7) is 19.3. The Hall–Kier alpha value is -1.56. The van der Waals surface area contributed by atoms with Crippen molar-refractivity contribution in [2.45, 2.75) is 41.5 Å². The quantitative estimate of drug-likeness (QED) is 0.547. The van der Waals surface area contributed by atoms with Crippen LogP contribution in [0.3, 0.4) is 0 Å². The van der Waals surface area contributed by atoms with Gasteiger partial charge < -0.3 is 0 Å². The lowest BCUT2D eigenvalue weighted by Crippen LogP contribution is -1.89. The topological polar surface area (TPSA) is 0 Å². The number of benzene rings is 1. The van der Waals surface area contributed by atoms with E-state index in [9.17, 15) is 0 Å². The lowest BCUT2D eigenvalue weighted by molar-refractivity contribution is 1.20. The summed E-state index contributed by atoms with van der Waals surface area (Å²) in [6, 6.07) is 8.18. The minimum absolute atomic E-state index is 0. The fourth-order valence-corrected chi connectivity index (χ4v) is 1.21. The summed E-state index contributed by atoms with van der Waals surface area (Å²) in [5.41, 5.74) is 3.46. The van der Waals surface area contributed by atoms with Crippen LogP contribution in [0.2, 0.25) is 0 Å². The lowest BCUT2D eigenvalue weighted by Gasteiger charge is -2.04. The van der Waals surface area contributed by atoms with Crippen molar-refractivity contribution >= 4 is 6.08 Å². The molecule has 0 aliphatic heterocycles. The van der Waals surface area contributed by atoms with Crippen LogP contribution in [-0.4, -0.2) is 0 Å². The van der Waals surface area contributed by atoms with Crippen LogP contribution in [0.4, 0.5) is 0 Å². The lowest BCUT2D eigenvalue weighted by atomic mass is 10.0. The number of rotatable bonds is 4. The van der Waals surface area contributed by atoms with E-state index in [0.29, 0.717) is 0 Å². The third-order valence-electron chi connectivity index (χ3n) is 1.98. The summed E-state index contributed by atoms with van der Waals surface area (Å²) in [7, 11) is 0. The van der Waals surface area contributed by atoms with Crippen molar-refractivity contribution in [2.24, 2.45) is 0 Å². The van der Waals surface area contributed by atoms with Gasteiger partial charge in [-0.3, -0.25) is 0 Å². The standard InChI is InChI=1S/C13H14.2C2H6.CH4/c1-4-11(3)10-13-9-7-6-8-12(13)5-2;2*1-2;/h4-9H,1-3,10H2;2*1-2H3;1H4. The Balaban J connectivity index is -0.000000409. The summed E-state index contributed by atoms with van der Waals surface area (Å²) < 4.78 is 0. The highest BCUT2D eigenvalue weighted by atomic mass is 14.0. The van der Waals surface area contributed by atoms with Crippen molar-refractivity contribution in [3.05, 3.63) is 66.8 Å². The van der Waals surface area contributed by atoms with Crippen LogP contribution in [0.5, 0.6) is 0 Å². The zero-order valence-corrected chi connectivity index (χ0v) is 11.8. The number of allylic oxidation sites excluding steroid dienone is 2. The molecule has 18 heavy (non-hydrogen) atoms. The molecule has 0 aromatic heterocycles. The third-order valence-corrected chi connectivity index (χ3v) is 1.98. The zero-order chi connectivity index (χ0) is 13.7. The van der Waals surface area contributed by atoms with E-state index in [-0.39, 0.29) is 7.43 Å². The van der Waals surface area contributed by atoms with Gasteiger partial charge in [-0.2, -0.15) is 0 Å². The third kappa shape index (κ3) is 8.58. The first-order valence-electron chi connectivity index (χ1n) is 6.28. The van der Waals surface area contributed by atoms with E-state index in [1.165, 1.54) is 11.1 Å². The van der Waals surface area contributed by atoms with Gasteiger partial charge in [-0.15, -0.1) is 0 Å². The normalized spacial score (nSPS) is 7.33. The molecule has 0 N–H and O–H groups in total. The van der Waals surface area contributed by atoms with Crippen LogP contribution < -0.4 is 0 Å². The molecule has 0 heteroatoms. The maximum absolute atomic E-state index is 3.89. The molecule has 0 unspecified atom stereocenters. The highest BCUT2D eigenvalue weighted by molar-refractivity contribution is 5.52. The second kappa shape index (κ2) is 15.4. The smallest absolute Gasteiger partial charge is 0.00259 e. The molecule has 1 aromatic rings. The van der Waals surface area contributed by atoms with Crippen molar-refractivity contribution in [3.63, 3.8) is 0 Å². The maximum Gasteiger partial charge on any atom is -0.00259 e. The Morgan fingerprint density at radius 2 is 1.56 bits per heavy atom. The van der Waals surface area contributed by atoms with Gasteiger partial charge in [-0.05, 0) is 17.5 Å². The van der Waals surface area contributed by atoms with Crippen LogP contribution in [-0.2, 0) is 6.42 Å². The van der Waals surface area contributed by atoms with Gasteiger partial charge >= 0.3 is 0 Å². The van der Waals surface area contributed by atoms with Gasteiger partial charge in [0.1, 0.15) is 0 Å². The Morgan fingerprint density at radius 1 is 1.06 bits per heavy atom. The predicted molar refractivity (Wildman–Crippen MR) is 89.0 cm³/mol. The molecule has 0 bridgehead atoms. The largest absolute Gasteiger partial charge is 0.0988 e. The Morgan fingerprint density at radius 3 is 2.00 bits per heavy atom. The molecular formula is C18H30. The molecule has 0 radical (unpaired) electrons. The minimum atomic E-state index is 0. The summed E-state index contributed by atoms with van der Waals surface area (Å²) >= 11 is 0. The van der Waals surface area contributed by atoms with Crippen molar-refractivity contribution in [1.29, 1.82) is 0 Å². The molecule has 1 aromatic carbocycles. The maximum atomic E-state index is 3.89. The SMILES string of the molecule is C.C=CC(=C)Cc1ccccc1C=C.CC.CC. The van der Waals surface area contributed by atoms with E-state index in [0.717, 1.165) is 12.0 Å². The van der Waals surface area contributed by atoms with E-state index in [2.05, 4.69) is 31.9 Å². The number of hydrogen-bond donors (Lipinski definition) is 0. The van der Waals surface area contributed by atoms with E-state index in [1.807, 2.05) is 45.9 Å². The molecule has 0 atom stereocenters. The molecule has 0 amide bonds. The van der Waals surface area contributed by atoms with Crippen molar-refractivity contribution < 1.29 is 0 Å². The Labute approximate surface area is 115 Å². The van der Waals surface area contributed by atoms with Gasteiger partial charge in [0.05, 0.1) is 0 Å². The van der Waals surface area contributed by atoms with Gasteiger partial charge in [0.2, 0.25) is 0 Å². The first-order valence-corrected chi connectivity index (χ1v) is 6.28. The summed E-state index contributed by atoms with van der Waals surface area (Å²) in [4.78, 5) is 0. The van der Waals surface area contributed by atoms with Gasteiger partial charge in [0, 0.05) is 0 Å². The fourth-order valence-electron chi connectivity index (χ4n) is 1.21. The van der Waals surface area contributed by atoms with Crippen LogP contribution in [0, 0.1) is 0 Å². The van der Waals surface area contributed by atoms with Gasteiger partial charge in [-0.1, -0.05) is 96.8 Å². The minimum Gasteiger partial charge on any atom is -0.0988 e. The monoisotopic (exact) mass is 246 g/mol. The van der Waals surface area contributed by atoms with Crippen LogP contribution in [0.15, 0.2) is 55.7 Å². The summed E-state index contributed by atoms with van der Waals surface area (Å²) in [6.07, 6.45) is 4.51. The Bertz CT molecular complexity index is 332. The molecule has 0 aliphatic rings. The molecule has 0 nitrogen and oxygen atoms in total. The predicted octanol–water partition coefficient (Wildman–Crippen LogP) is 6.30. The second-order valence-corrected chi connectivity index (χ2v) is 2.94. The van der Waals surface area contributed by atoms with E-state index in [1.54, 1.807) is 6.08 Å². The molecule has 102 valence electrons. The highest BCUT2D eigenvalue weighted by Crippen LogP contribution is 2.14. The number of hydrogen-bond acceptors (Lipinski definition) is 0. The van der Waals surface area contributed by atoms with Crippen molar-refractivity contribution in [1.82, 2.24) is 0 Å². The molecule has 0 spiro atoms. The average molecular weight is 246 g/mol. The van der Waals surface area contributed by atoms with E-state index >= 15 is 0 Å². The fraction of sp³-hybridized carbons (Fsp3) is 0.333. The molecule has 0 aliphatic carbocycles. The van der Waals surface area contributed by atoms with Crippen LogP contribution in [0.25, 0.3) is 6.08 Å². The van der Waals surface area contributed by atoms with Crippen molar-refractivity contribution in [2.75, 3.05) is 0 Å². The molecule has 0 saturated carbocycles. The summed E-state index contributed by atoms with van der Waals surface area (Å²) in [5, 5.41) is 0. The molecule has 0 saturated heterocycles. The molecule has 1 rings (SSSR count). The van der Waals surface area contributed by atoms with Crippen LogP contribution in [0.1, 0.15) is 46.2 Å². The van der Waals surface area contributed by atoms with E-state index < -0.39 is 0 Å². The highest BCUT2D eigenvalue weighted by Gasteiger charge is 1.97. The van der Waals surface area contributed by atoms with Crippen molar-refractivity contribution in [3.8, 4) is 0 Å². The van der Waals surface area contributed by atoms with Crippen LogP contribution >= 0.6 is 0 Å².